The Labute approximate surface area is 105 Å². The minimum absolute atomic E-state index is 0.255. The van der Waals surface area contributed by atoms with Crippen LogP contribution in [0.1, 0.15) is 39.4 Å². The van der Waals surface area contributed by atoms with Crippen molar-refractivity contribution in [2.75, 3.05) is 13.1 Å². The van der Waals surface area contributed by atoms with Crippen molar-refractivity contribution < 1.29 is 0 Å². The second kappa shape index (κ2) is 6.17. The van der Waals surface area contributed by atoms with Gasteiger partial charge in [0.2, 0.25) is 0 Å². The van der Waals surface area contributed by atoms with Gasteiger partial charge in [-0.15, -0.1) is 0 Å². The van der Waals surface area contributed by atoms with Crippen LogP contribution in [0.2, 0.25) is 0 Å². The van der Waals surface area contributed by atoms with Crippen molar-refractivity contribution in [3.8, 4) is 0 Å². The van der Waals surface area contributed by atoms with Gasteiger partial charge in [-0.3, -0.25) is 4.90 Å². The van der Waals surface area contributed by atoms with Crippen LogP contribution in [-0.2, 0) is 7.05 Å². The normalized spacial score (nSPS) is 13.9. The molecular weight excluding hydrogens is 212 g/mol. The lowest BCUT2D eigenvalue weighted by molar-refractivity contribution is 0.134. The zero-order valence-corrected chi connectivity index (χ0v) is 11.7. The summed E-state index contributed by atoms with van der Waals surface area (Å²) in [5.41, 5.74) is 7.16. The fourth-order valence-electron chi connectivity index (χ4n) is 2.23. The minimum atomic E-state index is 0.255. The fraction of sp³-hybridized carbons (Fsp3) is 0.769. The van der Waals surface area contributed by atoms with Gasteiger partial charge in [-0.2, -0.15) is 0 Å². The average Bonchev–Trinajstić information content (AvgIpc) is 2.64. The van der Waals surface area contributed by atoms with E-state index in [-0.39, 0.29) is 6.04 Å². The van der Waals surface area contributed by atoms with Gasteiger partial charge in [0, 0.05) is 32.4 Å². The zero-order chi connectivity index (χ0) is 13.0. The molecule has 0 radical (unpaired) electrons. The number of rotatable bonds is 6. The van der Waals surface area contributed by atoms with Gasteiger partial charge < -0.3 is 10.3 Å². The van der Waals surface area contributed by atoms with Crippen molar-refractivity contribution in [2.45, 2.75) is 39.8 Å². The first-order chi connectivity index (χ1) is 7.97. The number of aryl methyl sites for hydroxylation is 1. The van der Waals surface area contributed by atoms with Gasteiger partial charge in [0.05, 0.1) is 18.1 Å². The average molecular weight is 238 g/mol. The lowest BCUT2D eigenvalue weighted by Gasteiger charge is -2.35. The SMILES string of the molecule is CC(C)CN(C(C)C)C(CN)c1cncn1C. The Morgan fingerprint density at radius 2 is 2.00 bits per heavy atom. The van der Waals surface area contributed by atoms with Crippen LogP contribution >= 0.6 is 0 Å². The number of hydrogen-bond donors (Lipinski definition) is 1. The van der Waals surface area contributed by atoms with Gasteiger partial charge >= 0.3 is 0 Å². The van der Waals surface area contributed by atoms with E-state index in [0.717, 1.165) is 6.54 Å². The maximum absolute atomic E-state index is 5.96. The summed E-state index contributed by atoms with van der Waals surface area (Å²) >= 11 is 0. The Morgan fingerprint density at radius 3 is 2.35 bits per heavy atom. The molecule has 0 saturated carbocycles. The maximum Gasteiger partial charge on any atom is 0.0946 e. The molecule has 1 aromatic rings. The summed E-state index contributed by atoms with van der Waals surface area (Å²) in [6.07, 6.45) is 3.76. The highest BCUT2D eigenvalue weighted by Crippen LogP contribution is 2.22. The number of nitrogens with zero attached hydrogens (tertiary/aromatic N) is 3. The third kappa shape index (κ3) is 3.54. The molecule has 0 amide bonds. The molecule has 0 saturated heterocycles. The van der Waals surface area contributed by atoms with Crippen molar-refractivity contribution in [3.05, 3.63) is 18.2 Å². The molecule has 0 aromatic carbocycles. The highest BCUT2D eigenvalue weighted by Gasteiger charge is 2.24. The second-order valence-corrected chi connectivity index (χ2v) is 5.37. The molecule has 0 fully saturated rings. The first kappa shape index (κ1) is 14.2. The van der Waals surface area contributed by atoms with E-state index in [1.165, 1.54) is 5.69 Å². The van der Waals surface area contributed by atoms with E-state index in [1.807, 2.05) is 19.6 Å². The molecule has 1 unspecified atom stereocenters. The van der Waals surface area contributed by atoms with Crippen LogP contribution in [0.25, 0.3) is 0 Å². The van der Waals surface area contributed by atoms with Crippen molar-refractivity contribution in [2.24, 2.45) is 18.7 Å². The Hall–Kier alpha value is -0.870. The molecule has 98 valence electrons. The van der Waals surface area contributed by atoms with Crippen molar-refractivity contribution in [3.63, 3.8) is 0 Å². The van der Waals surface area contributed by atoms with Gasteiger partial charge in [0.1, 0.15) is 0 Å². The van der Waals surface area contributed by atoms with Gasteiger partial charge in [0.25, 0.3) is 0 Å². The van der Waals surface area contributed by atoms with Crippen LogP contribution < -0.4 is 5.73 Å². The summed E-state index contributed by atoms with van der Waals surface area (Å²) in [6.45, 7) is 10.6. The van der Waals surface area contributed by atoms with E-state index >= 15 is 0 Å². The Bertz CT molecular complexity index is 330. The van der Waals surface area contributed by atoms with Crippen molar-refractivity contribution in [1.82, 2.24) is 14.5 Å². The van der Waals surface area contributed by atoms with Crippen LogP contribution in [0.3, 0.4) is 0 Å². The van der Waals surface area contributed by atoms with Gasteiger partial charge in [0.15, 0.2) is 0 Å². The molecule has 17 heavy (non-hydrogen) atoms. The molecule has 0 aliphatic carbocycles. The Morgan fingerprint density at radius 1 is 1.35 bits per heavy atom. The van der Waals surface area contributed by atoms with Crippen LogP contribution in [0, 0.1) is 5.92 Å². The molecule has 1 aromatic heterocycles. The number of aromatic nitrogens is 2. The van der Waals surface area contributed by atoms with E-state index in [1.54, 1.807) is 0 Å². The number of nitrogens with two attached hydrogens (primary N) is 1. The monoisotopic (exact) mass is 238 g/mol. The first-order valence-corrected chi connectivity index (χ1v) is 6.39. The second-order valence-electron chi connectivity index (χ2n) is 5.37. The van der Waals surface area contributed by atoms with Crippen LogP contribution in [0.5, 0.6) is 0 Å². The van der Waals surface area contributed by atoms with Gasteiger partial charge in [-0.1, -0.05) is 13.8 Å². The molecule has 1 rings (SSSR count). The van der Waals surface area contributed by atoms with Crippen LogP contribution in [0.15, 0.2) is 12.5 Å². The van der Waals surface area contributed by atoms with Gasteiger partial charge in [-0.05, 0) is 19.8 Å². The van der Waals surface area contributed by atoms with E-state index in [2.05, 4.69) is 42.1 Å². The Balaban J connectivity index is 2.93. The summed E-state index contributed by atoms with van der Waals surface area (Å²) < 4.78 is 2.06. The molecule has 4 nitrogen and oxygen atoms in total. The quantitative estimate of drug-likeness (QED) is 0.822. The van der Waals surface area contributed by atoms with Crippen LogP contribution in [-0.4, -0.2) is 33.6 Å². The Kier molecular flexibility index (Phi) is 5.15. The van der Waals surface area contributed by atoms with Gasteiger partial charge in [-0.25, -0.2) is 4.98 Å². The maximum atomic E-state index is 5.96. The van der Waals surface area contributed by atoms with E-state index in [4.69, 9.17) is 5.73 Å². The van der Waals surface area contributed by atoms with E-state index in [9.17, 15) is 0 Å². The molecule has 1 heterocycles. The minimum Gasteiger partial charge on any atom is -0.336 e. The predicted molar refractivity (Wildman–Crippen MR) is 71.7 cm³/mol. The molecule has 0 bridgehead atoms. The molecule has 2 N–H and O–H groups in total. The topological polar surface area (TPSA) is 47.1 Å². The van der Waals surface area contributed by atoms with Crippen LogP contribution in [0.4, 0.5) is 0 Å². The third-order valence-corrected chi connectivity index (χ3v) is 3.06. The molecule has 0 aliphatic rings. The van der Waals surface area contributed by atoms with E-state index in [0.29, 0.717) is 18.5 Å². The predicted octanol–water partition coefficient (Wildman–Crippen LogP) is 1.79. The molecule has 0 aliphatic heterocycles. The largest absolute Gasteiger partial charge is 0.336 e. The third-order valence-electron chi connectivity index (χ3n) is 3.06. The molecule has 1 atom stereocenters. The number of imidazole rings is 1. The zero-order valence-electron chi connectivity index (χ0n) is 11.7. The van der Waals surface area contributed by atoms with Crippen molar-refractivity contribution >= 4 is 0 Å². The molecular formula is C13H26N4. The smallest absolute Gasteiger partial charge is 0.0946 e. The highest BCUT2D eigenvalue weighted by molar-refractivity contribution is 5.06. The molecule has 0 spiro atoms. The first-order valence-electron chi connectivity index (χ1n) is 6.39. The fourth-order valence-corrected chi connectivity index (χ4v) is 2.23. The summed E-state index contributed by atoms with van der Waals surface area (Å²) in [4.78, 5) is 6.65. The summed E-state index contributed by atoms with van der Waals surface area (Å²) in [6, 6.07) is 0.741. The van der Waals surface area contributed by atoms with E-state index < -0.39 is 0 Å². The molecule has 4 heteroatoms. The summed E-state index contributed by atoms with van der Waals surface area (Å²) in [5, 5.41) is 0. The lowest BCUT2D eigenvalue weighted by Crippen LogP contribution is -2.41. The van der Waals surface area contributed by atoms with Crippen molar-refractivity contribution in [1.29, 1.82) is 0 Å². The number of hydrogen-bond acceptors (Lipinski definition) is 3. The summed E-state index contributed by atoms with van der Waals surface area (Å²) in [5.74, 6) is 0.639. The highest BCUT2D eigenvalue weighted by atomic mass is 15.2. The standard InChI is InChI=1S/C13H26N4/c1-10(2)8-17(11(3)4)12(6-14)13-7-15-9-16(13)5/h7,9-12H,6,8,14H2,1-5H3. The lowest BCUT2D eigenvalue weighted by atomic mass is 10.1. The summed E-state index contributed by atoms with van der Waals surface area (Å²) in [7, 11) is 2.03.